The first-order valence-corrected chi connectivity index (χ1v) is 10.0. The molecule has 1 aromatic heterocycles. The lowest BCUT2D eigenvalue weighted by Gasteiger charge is -2.13. The molecular formula is C25H20O3S. The zero-order chi connectivity index (χ0) is 20.2. The van der Waals surface area contributed by atoms with Crippen LogP contribution in [0.15, 0.2) is 78.9 Å². The molecule has 0 atom stereocenters. The van der Waals surface area contributed by atoms with Crippen molar-refractivity contribution in [1.82, 2.24) is 0 Å². The van der Waals surface area contributed by atoms with E-state index in [-0.39, 0.29) is 5.78 Å². The highest BCUT2D eigenvalue weighted by atomic mass is 32.1. The Bertz CT molecular complexity index is 1160. The Kier molecular flexibility index (Phi) is 5.45. The van der Waals surface area contributed by atoms with Crippen molar-refractivity contribution in [3.8, 4) is 21.9 Å². The molecule has 29 heavy (non-hydrogen) atoms. The van der Waals surface area contributed by atoms with Gasteiger partial charge in [-0.3, -0.25) is 4.79 Å². The number of rotatable bonds is 6. The van der Waals surface area contributed by atoms with E-state index in [9.17, 15) is 4.79 Å². The van der Waals surface area contributed by atoms with Gasteiger partial charge in [0.2, 0.25) is 0 Å². The van der Waals surface area contributed by atoms with Crippen molar-refractivity contribution < 1.29 is 14.3 Å². The fraction of sp³-hybridized carbons (Fsp3) is 0.0800. The molecule has 1 heterocycles. The van der Waals surface area contributed by atoms with Crippen molar-refractivity contribution in [3.05, 3.63) is 90.0 Å². The van der Waals surface area contributed by atoms with Crippen LogP contribution in [0.1, 0.15) is 15.9 Å². The van der Waals surface area contributed by atoms with Crippen LogP contribution in [-0.2, 0) is 0 Å². The number of carbonyl (C=O) groups excluding carboxylic acids is 1. The van der Waals surface area contributed by atoms with Crippen LogP contribution >= 0.6 is 11.3 Å². The predicted molar refractivity (Wildman–Crippen MR) is 120 cm³/mol. The van der Waals surface area contributed by atoms with Crippen molar-refractivity contribution >= 4 is 33.3 Å². The van der Waals surface area contributed by atoms with Crippen molar-refractivity contribution in [2.75, 3.05) is 14.2 Å². The maximum Gasteiger partial charge on any atom is 0.185 e. The maximum absolute atomic E-state index is 12.4. The van der Waals surface area contributed by atoms with E-state index in [1.807, 2.05) is 60.7 Å². The normalized spacial score (nSPS) is 11.1. The van der Waals surface area contributed by atoms with Gasteiger partial charge in [0.15, 0.2) is 17.3 Å². The summed E-state index contributed by atoms with van der Waals surface area (Å²) in [7, 11) is 3.26. The molecule has 0 saturated heterocycles. The molecule has 4 aromatic rings. The van der Waals surface area contributed by atoms with Gasteiger partial charge in [-0.05, 0) is 41.3 Å². The SMILES string of the molecule is COc1cc(C=CC(=O)c2ccccc2)cc(-c2cc3ccccc3s2)c1OC. The summed E-state index contributed by atoms with van der Waals surface area (Å²) in [4.78, 5) is 13.5. The largest absolute Gasteiger partial charge is 0.493 e. The fourth-order valence-corrected chi connectivity index (χ4v) is 4.33. The Labute approximate surface area is 173 Å². The lowest BCUT2D eigenvalue weighted by Crippen LogP contribution is -1.95. The molecule has 0 saturated carbocycles. The number of thiophene rings is 1. The average Bonchev–Trinajstić information content (AvgIpc) is 3.21. The fourth-order valence-electron chi connectivity index (χ4n) is 3.25. The van der Waals surface area contributed by atoms with E-state index in [1.165, 1.54) is 10.1 Å². The quantitative estimate of drug-likeness (QED) is 0.274. The molecule has 0 bridgehead atoms. The van der Waals surface area contributed by atoms with Gasteiger partial charge in [-0.25, -0.2) is 0 Å². The molecular weight excluding hydrogens is 380 g/mol. The highest BCUT2D eigenvalue weighted by molar-refractivity contribution is 7.22. The first kappa shape index (κ1) is 19.0. The van der Waals surface area contributed by atoms with E-state index in [4.69, 9.17) is 9.47 Å². The first-order valence-electron chi connectivity index (χ1n) is 9.22. The van der Waals surface area contributed by atoms with E-state index in [2.05, 4.69) is 18.2 Å². The van der Waals surface area contributed by atoms with Gasteiger partial charge in [0.25, 0.3) is 0 Å². The second-order valence-corrected chi connectivity index (χ2v) is 7.60. The van der Waals surface area contributed by atoms with Crippen molar-refractivity contribution in [1.29, 1.82) is 0 Å². The molecule has 0 spiro atoms. The summed E-state index contributed by atoms with van der Waals surface area (Å²) in [5.41, 5.74) is 2.48. The van der Waals surface area contributed by atoms with Gasteiger partial charge in [-0.15, -0.1) is 11.3 Å². The first-order chi connectivity index (χ1) is 14.2. The molecule has 3 nitrogen and oxygen atoms in total. The summed E-state index contributed by atoms with van der Waals surface area (Å²) in [6, 6.07) is 23.6. The number of benzene rings is 3. The molecule has 0 N–H and O–H groups in total. The lowest BCUT2D eigenvalue weighted by molar-refractivity contribution is 0.104. The maximum atomic E-state index is 12.4. The van der Waals surface area contributed by atoms with Crippen LogP contribution in [0.2, 0.25) is 0 Å². The second kappa shape index (κ2) is 8.33. The Morgan fingerprint density at radius 1 is 0.897 bits per heavy atom. The van der Waals surface area contributed by atoms with Crippen LogP contribution in [0, 0.1) is 0 Å². The Morgan fingerprint density at radius 2 is 1.66 bits per heavy atom. The molecule has 0 radical (unpaired) electrons. The molecule has 4 heteroatoms. The summed E-state index contributed by atoms with van der Waals surface area (Å²) < 4.78 is 12.4. The molecule has 0 aliphatic carbocycles. The number of methoxy groups -OCH3 is 2. The van der Waals surface area contributed by atoms with Crippen LogP contribution in [-0.4, -0.2) is 20.0 Å². The van der Waals surface area contributed by atoms with Crippen molar-refractivity contribution in [2.45, 2.75) is 0 Å². The zero-order valence-electron chi connectivity index (χ0n) is 16.2. The molecule has 0 amide bonds. The summed E-state index contributed by atoms with van der Waals surface area (Å²) >= 11 is 1.70. The van der Waals surface area contributed by atoms with Gasteiger partial charge >= 0.3 is 0 Å². The van der Waals surface area contributed by atoms with Crippen LogP contribution in [0.3, 0.4) is 0 Å². The molecule has 4 rings (SSSR count). The Morgan fingerprint density at radius 3 is 2.38 bits per heavy atom. The van der Waals surface area contributed by atoms with E-state index in [0.29, 0.717) is 17.1 Å². The summed E-state index contributed by atoms with van der Waals surface area (Å²) in [5, 5.41) is 1.19. The predicted octanol–water partition coefficient (Wildman–Crippen LogP) is 6.48. The Hall–Kier alpha value is -3.37. The third-order valence-electron chi connectivity index (χ3n) is 4.68. The van der Waals surface area contributed by atoms with Gasteiger partial charge in [0.1, 0.15) is 0 Å². The molecule has 0 unspecified atom stereocenters. The van der Waals surface area contributed by atoms with E-state index in [0.717, 1.165) is 16.0 Å². The number of ether oxygens (including phenoxy) is 2. The van der Waals surface area contributed by atoms with Crippen molar-refractivity contribution in [3.63, 3.8) is 0 Å². The summed E-state index contributed by atoms with van der Waals surface area (Å²) in [6.45, 7) is 0. The molecule has 144 valence electrons. The van der Waals surface area contributed by atoms with Crippen LogP contribution in [0.5, 0.6) is 11.5 Å². The van der Waals surface area contributed by atoms with Gasteiger partial charge < -0.3 is 9.47 Å². The van der Waals surface area contributed by atoms with Gasteiger partial charge in [0, 0.05) is 20.7 Å². The number of hydrogen-bond donors (Lipinski definition) is 0. The second-order valence-electron chi connectivity index (χ2n) is 6.52. The lowest BCUT2D eigenvalue weighted by atomic mass is 10.0. The average molecular weight is 400 g/mol. The molecule has 0 fully saturated rings. The molecule has 0 aliphatic rings. The topological polar surface area (TPSA) is 35.5 Å². The highest BCUT2D eigenvalue weighted by Gasteiger charge is 2.16. The number of allylic oxidation sites excluding steroid dienone is 1. The summed E-state index contributed by atoms with van der Waals surface area (Å²) in [5.74, 6) is 1.28. The summed E-state index contributed by atoms with van der Waals surface area (Å²) in [6.07, 6.45) is 3.40. The minimum atomic E-state index is -0.0382. The highest BCUT2D eigenvalue weighted by Crippen LogP contribution is 2.43. The van der Waals surface area contributed by atoms with E-state index < -0.39 is 0 Å². The van der Waals surface area contributed by atoms with Gasteiger partial charge in [0.05, 0.1) is 14.2 Å². The van der Waals surface area contributed by atoms with E-state index in [1.54, 1.807) is 31.6 Å². The number of carbonyl (C=O) groups is 1. The molecule has 3 aromatic carbocycles. The van der Waals surface area contributed by atoms with Crippen molar-refractivity contribution in [2.24, 2.45) is 0 Å². The van der Waals surface area contributed by atoms with Crippen LogP contribution < -0.4 is 9.47 Å². The number of fused-ring (bicyclic) bond motifs is 1. The van der Waals surface area contributed by atoms with Crippen LogP contribution in [0.4, 0.5) is 0 Å². The third-order valence-corrected chi connectivity index (χ3v) is 5.83. The van der Waals surface area contributed by atoms with Gasteiger partial charge in [-0.2, -0.15) is 0 Å². The Balaban J connectivity index is 1.77. The van der Waals surface area contributed by atoms with Crippen LogP contribution in [0.25, 0.3) is 26.6 Å². The zero-order valence-corrected chi connectivity index (χ0v) is 17.0. The minimum absolute atomic E-state index is 0.0382. The smallest absolute Gasteiger partial charge is 0.185 e. The van der Waals surface area contributed by atoms with E-state index >= 15 is 0 Å². The standard InChI is InChI=1S/C25H20O3S/c1-27-22-15-17(12-13-21(26)18-8-4-3-5-9-18)14-20(25(22)28-2)24-16-19-10-6-7-11-23(19)29-24/h3-16H,1-2H3. The third kappa shape index (κ3) is 3.93. The minimum Gasteiger partial charge on any atom is -0.493 e. The number of ketones is 1. The van der Waals surface area contributed by atoms with Gasteiger partial charge in [-0.1, -0.05) is 54.6 Å². The monoisotopic (exact) mass is 400 g/mol. The number of hydrogen-bond acceptors (Lipinski definition) is 4. The molecule has 0 aliphatic heterocycles.